The summed E-state index contributed by atoms with van der Waals surface area (Å²) in [4.78, 5) is 23.6. The number of rotatable bonds is 7. The SMILES string of the molecule is Cc1ccc(-n2nc(C(=O)N/N=C\c3cc([N+](=O)[O-])ccc3C)cc2-c2ccc(-c3ccccc3)cc2)cc1. The molecule has 39 heavy (non-hydrogen) atoms. The molecule has 0 aliphatic heterocycles. The summed E-state index contributed by atoms with van der Waals surface area (Å²) in [5.74, 6) is -0.498. The molecule has 4 aromatic carbocycles. The van der Waals surface area contributed by atoms with Crippen LogP contribution in [0.4, 0.5) is 5.69 Å². The van der Waals surface area contributed by atoms with Crippen LogP contribution in [0.25, 0.3) is 28.1 Å². The van der Waals surface area contributed by atoms with Gasteiger partial charge in [0.05, 0.1) is 22.5 Å². The van der Waals surface area contributed by atoms with Crippen molar-refractivity contribution in [1.29, 1.82) is 0 Å². The lowest BCUT2D eigenvalue weighted by atomic mass is 10.0. The van der Waals surface area contributed by atoms with E-state index in [2.05, 4.69) is 27.8 Å². The Kier molecular flexibility index (Phi) is 7.09. The summed E-state index contributed by atoms with van der Waals surface area (Å²) in [6.07, 6.45) is 1.39. The van der Waals surface area contributed by atoms with Crippen molar-refractivity contribution in [2.45, 2.75) is 13.8 Å². The Labute approximate surface area is 225 Å². The van der Waals surface area contributed by atoms with Gasteiger partial charge in [0.15, 0.2) is 5.69 Å². The van der Waals surface area contributed by atoms with Gasteiger partial charge in [-0.15, -0.1) is 0 Å². The van der Waals surface area contributed by atoms with Crippen LogP contribution in [0.3, 0.4) is 0 Å². The maximum atomic E-state index is 13.0. The molecule has 5 aromatic rings. The van der Waals surface area contributed by atoms with Gasteiger partial charge in [0.1, 0.15) is 0 Å². The number of aryl methyl sites for hydroxylation is 2. The third kappa shape index (κ3) is 5.65. The Morgan fingerprint density at radius 3 is 2.23 bits per heavy atom. The topological polar surface area (TPSA) is 102 Å². The van der Waals surface area contributed by atoms with Crippen molar-refractivity contribution in [3.8, 4) is 28.1 Å². The van der Waals surface area contributed by atoms with E-state index in [4.69, 9.17) is 0 Å². The fourth-order valence-corrected chi connectivity index (χ4v) is 4.14. The molecular formula is C31H25N5O3. The fourth-order valence-electron chi connectivity index (χ4n) is 4.14. The number of nitrogens with one attached hydrogen (secondary N) is 1. The molecule has 0 aliphatic rings. The van der Waals surface area contributed by atoms with Gasteiger partial charge in [-0.2, -0.15) is 10.2 Å². The lowest BCUT2D eigenvalue weighted by Gasteiger charge is -2.09. The highest BCUT2D eigenvalue weighted by Crippen LogP contribution is 2.28. The Bertz CT molecular complexity index is 1670. The highest BCUT2D eigenvalue weighted by Gasteiger charge is 2.17. The third-order valence-corrected chi connectivity index (χ3v) is 6.35. The summed E-state index contributed by atoms with van der Waals surface area (Å²) in [7, 11) is 0. The van der Waals surface area contributed by atoms with E-state index >= 15 is 0 Å². The minimum atomic E-state index is -0.498. The molecule has 0 spiro atoms. The molecule has 8 nitrogen and oxygen atoms in total. The first-order valence-corrected chi connectivity index (χ1v) is 12.3. The van der Waals surface area contributed by atoms with Gasteiger partial charge in [-0.3, -0.25) is 14.9 Å². The van der Waals surface area contributed by atoms with Crippen molar-refractivity contribution in [3.05, 3.63) is 136 Å². The minimum Gasteiger partial charge on any atom is -0.265 e. The second kappa shape index (κ2) is 10.9. The summed E-state index contributed by atoms with van der Waals surface area (Å²) in [6, 6.07) is 32.3. The van der Waals surface area contributed by atoms with Crippen molar-refractivity contribution in [1.82, 2.24) is 15.2 Å². The zero-order chi connectivity index (χ0) is 27.4. The van der Waals surface area contributed by atoms with Crippen LogP contribution in [-0.2, 0) is 0 Å². The number of carbonyl (C=O) groups excluding carboxylic acids is 1. The van der Waals surface area contributed by atoms with E-state index in [0.29, 0.717) is 5.56 Å². The molecule has 0 unspecified atom stereocenters. The fraction of sp³-hybridized carbons (Fsp3) is 0.0645. The molecule has 1 aromatic heterocycles. The number of nitrogens with zero attached hydrogens (tertiary/aromatic N) is 4. The molecule has 5 rings (SSSR count). The molecule has 8 heteroatoms. The van der Waals surface area contributed by atoms with Crippen LogP contribution in [0.2, 0.25) is 0 Å². The van der Waals surface area contributed by atoms with Crippen molar-refractivity contribution in [2.75, 3.05) is 0 Å². The number of amides is 1. The second-order valence-corrected chi connectivity index (χ2v) is 9.10. The molecule has 0 saturated heterocycles. The van der Waals surface area contributed by atoms with E-state index < -0.39 is 10.8 Å². The van der Waals surface area contributed by atoms with Crippen molar-refractivity contribution in [2.24, 2.45) is 5.10 Å². The molecule has 0 saturated carbocycles. The number of nitro benzene ring substituents is 1. The van der Waals surface area contributed by atoms with E-state index in [1.54, 1.807) is 16.8 Å². The quantitative estimate of drug-likeness (QED) is 0.152. The number of hydrogen-bond acceptors (Lipinski definition) is 5. The monoisotopic (exact) mass is 515 g/mol. The molecule has 0 aliphatic carbocycles. The lowest BCUT2D eigenvalue weighted by molar-refractivity contribution is -0.384. The Balaban J connectivity index is 1.44. The number of aromatic nitrogens is 2. The molecule has 0 radical (unpaired) electrons. The highest BCUT2D eigenvalue weighted by atomic mass is 16.6. The third-order valence-electron chi connectivity index (χ3n) is 6.35. The zero-order valence-electron chi connectivity index (χ0n) is 21.4. The summed E-state index contributed by atoms with van der Waals surface area (Å²) in [5, 5.41) is 19.7. The van der Waals surface area contributed by atoms with Gasteiger partial charge < -0.3 is 0 Å². The van der Waals surface area contributed by atoms with Gasteiger partial charge in [0, 0.05) is 23.3 Å². The van der Waals surface area contributed by atoms with Gasteiger partial charge in [-0.25, -0.2) is 10.1 Å². The van der Waals surface area contributed by atoms with Crippen LogP contribution in [-0.4, -0.2) is 26.8 Å². The maximum Gasteiger partial charge on any atom is 0.291 e. The van der Waals surface area contributed by atoms with E-state index in [0.717, 1.165) is 39.2 Å². The van der Waals surface area contributed by atoms with Crippen LogP contribution in [0.5, 0.6) is 0 Å². The summed E-state index contributed by atoms with van der Waals surface area (Å²) < 4.78 is 1.74. The second-order valence-electron chi connectivity index (χ2n) is 9.10. The predicted octanol–water partition coefficient (Wildman–Crippen LogP) is 6.50. The van der Waals surface area contributed by atoms with Gasteiger partial charge in [-0.1, -0.05) is 78.4 Å². The van der Waals surface area contributed by atoms with Gasteiger partial charge in [0.2, 0.25) is 0 Å². The molecular weight excluding hydrogens is 490 g/mol. The van der Waals surface area contributed by atoms with Crippen molar-refractivity contribution >= 4 is 17.8 Å². The summed E-state index contributed by atoms with van der Waals surface area (Å²) in [6.45, 7) is 3.82. The molecule has 0 bridgehead atoms. The molecule has 1 heterocycles. The lowest BCUT2D eigenvalue weighted by Crippen LogP contribution is -2.18. The average molecular weight is 516 g/mol. The first-order valence-electron chi connectivity index (χ1n) is 12.3. The van der Waals surface area contributed by atoms with E-state index in [9.17, 15) is 14.9 Å². The Morgan fingerprint density at radius 1 is 0.872 bits per heavy atom. The number of nitro groups is 1. The Morgan fingerprint density at radius 2 is 1.54 bits per heavy atom. The van der Waals surface area contributed by atoms with Crippen LogP contribution in [0.1, 0.15) is 27.2 Å². The zero-order valence-corrected chi connectivity index (χ0v) is 21.4. The smallest absolute Gasteiger partial charge is 0.265 e. The molecule has 1 amide bonds. The first kappa shape index (κ1) is 25.3. The van der Waals surface area contributed by atoms with E-state index in [1.165, 1.54) is 18.3 Å². The van der Waals surface area contributed by atoms with Crippen LogP contribution in [0, 0.1) is 24.0 Å². The average Bonchev–Trinajstić information content (AvgIpc) is 3.40. The van der Waals surface area contributed by atoms with Gasteiger partial charge >= 0.3 is 0 Å². The molecule has 1 N–H and O–H groups in total. The van der Waals surface area contributed by atoms with Crippen molar-refractivity contribution < 1.29 is 9.72 Å². The standard InChI is InChI=1S/C31H25N5O3/c1-21-8-15-27(16-9-21)35-30(25-13-11-24(12-14-25)23-6-4-3-5-7-23)19-29(34-35)31(37)33-32-20-26-18-28(36(38)39)17-10-22(26)2/h3-20H,1-2H3,(H,33,37)/b32-20-. The van der Waals surface area contributed by atoms with Crippen LogP contribution < -0.4 is 5.43 Å². The Hall–Kier alpha value is -5.37. The minimum absolute atomic E-state index is 0.0480. The highest BCUT2D eigenvalue weighted by molar-refractivity contribution is 5.94. The summed E-state index contributed by atoms with van der Waals surface area (Å²) >= 11 is 0. The summed E-state index contributed by atoms with van der Waals surface area (Å²) in [5.41, 5.74) is 9.75. The van der Waals surface area contributed by atoms with Gasteiger partial charge in [0.25, 0.3) is 11.6 Å². The van der Waals surface area contributed by atoms with Crippen LogP contribution in [0.15, 0.2) is 108 Å². The largest absolute Gasteiger partial charge is 0.291 e. The van der Waals surface area contributed by atoms with Crippen molar-refractivity contribution in [3.63, 3.8) is 0 Å². The van der Waals surface area contributed by atoms with Crippen LogP contribution >= 0.6 is 0 Å². The molecule has 192 valence electrons. The number of non-ortho nitro benzene ring substituents is 1. The normalized spacial score (nSPS) is 11.0. The maximum absolute atomic E-state index is 13.0. The molecule has 0 atom stereocenters. The van der Waals surface area contributed by atoms with Gasteiger partial charge in [-0.05, 0) is 48.7 Å². The number of benzene rings is 4. The molecule has 0 fully saturated rings. The first-order chi connectivity index (χ1) is 18.9. The van der Waals surface area contributed by atoms with E-state index in [1.807, 2.05) is 80.6 Å². The predicted molar refractivity (Wildman–Crippen MR) is 152 cm³/mol. The number of hydrogen-bond donors (Lipinski definition) is 1. The van der Waals surface area contributed by atoms with E-state index in [-0.39, 0.29) is 11.4 Å². The number of hydrazone groups is 1. The number of carbonyl (C=O) groups is 1.